The Balaban J connectivity index is 1.51. The Labute approximate surface area is 269 Å². The Morgan fingerprint density at radius 2 is 1.67 bits per heavy atom. The molecule has 234 valence electrons. The normalized spacial score (nSPS) is 14.6. The van der Waals surface area contributed by atoms with E-state index in [0.29, 0.717) is 45.3 Å². The highest BCUT2D eigenvalue weighted by molar-refractivity contribution is 7.07. The first-order chi connectivity index (χ1) is 22.3. The maximum atomic E-state index is 14.3. The summed E-state index contributed by atoms with van der Waals surface area (Å²) in [6.45, 7) is 8.31. The molecule has 46 heavy (non-hydrogen) atoms. The molecule has 0 bridgehead atoms. The third-order valence-corrected chi connectivity index (χ3v) is 8.94. The number of esters is 1. The van der Waals surface area contributed by atoms with Gasteiger partial charge in [-0.2, -0.15) is 0 Å². The lowest BCUT2D eigenvalue weighted by Gasteiger charge is -2.25. The van der Waals surface area contributed by atoms with Crippen LogP contribution in [-0.2, 0) is 20.9 Å². The molecular formula is C36H34N4O5S. The predicted octanol–water partition coefficient (Wildman–Crippen LogP) is 5.10. The average molecular weight is 635 g/mol. The average Bonchev–Trinajstić information content (AvgIpc) is 3.49. The lowest BCUT2D eigenvalue weighted by molar-refractivity contribution is -0.143. The van der Waals surface area contributed by atoms with Crippen molar-refractivity contribution in [3.63, 3.8) is 0 Å². The SMILES string of the molecule is CCOC(=O)Cn1c(C)c(C=c2sc3n(c2=O)C(c2ccc(OCC)cc2)C(C(=O)Nc2ccccc2)=C(C)N=3)c2ccccc21. The van der Waals surface area contributed by atoms with Crippen LogP contribution in [0.3, 0.4) is 0 Å². The summed E-state index contributed by atoms with van der Waals surface area (Å²) in [5.74, 6) is 0.0345. The van der Waals surface area contributed by atoms with Gasteiger partial charge in [-0.1, -0.05) is 59.9 Å². The zero-order chi connectivity index (χ0) is 32.4. The third kappa shape index (κ3) is 5.79. The number of thiazole rings is 1. The van der Waals surface area contributed by atoms with Crippen LogP contribution in [-0.4, -0.2) is 34.2 Å². The van der Waals surface area contributed by atoms with Crippen molar-refractivity contribution in [2.45, 2.75) is 40.3 Å². The number of anilines is 1. The summed E-state index contributed by atoms with van der Waals surface area (Å²) < 4.78 is 14.9. The van der Waals surface area contributed by atoms with Gasteiger partial charge in [0.25, 0.3) is 11.5 Å². The van der Waals surface area contributed by atoms with E-state index in [2.05, 4.69) is 5.32 Å². The number of fused-ring (bicyclic) bond motifs is 2. The van der Waals surface area contributed by atoms with Crippen molar-refractivity contribution in [1.29, 1.82) is 0 Å². The van der Waals surface area contributed by atoms with Gasteiger partial charge in [0, 0.05) is 27.8 Å². The molecule has 9 nitrogen and oxygen atoms in total. The molecule has 1 amide bonds. The molecule has 5 aromatic rings. The number of hydrogen-bond acceptors (Lipinski definition) is 7. The minimum Gasteiger partial charge on any atom is -0.494 e. The van der Waals surface area contributed by atoms with Gasteiger partial charge >= 0.3 is 5.97 Å². The quantitative estimate of drug-likeness (QED) is 0.227. The van der Waals surface area contributed by atoms with E-state index in [1.807, 2.05) is 103 Å². The summed E-state index contributed by atoms with van der Waals surface area (Å²) in [5.41, 5.74) is 4.59. The summed E-state index contributed by atoms with van der Waals surface area (Å²) in [7, 11) is 0. The van der Waals surface area contributed by atoms with E-state index in [-0.39, 0.29) is 24.0 Å². The Morgan fingerprint density at radius 1 is 0.957 bits per heavy atom. The first-order valence-electron chi connectivity index (χ1n) is 15.2. The van der Waals surface area contributed by atoms with Crippen LogP contribution in [0.1, 0.15) is 43.6 Å². The number of nitrogens with one attached hydrogen (secondary N) is 1. The molecule has 3 heterocycles. The second-order valence-corrected chi connectivity index (χ2v) is 11.8. The smallest absolute Gasteiger partial charge is 0.325 e. The van der Waals surface area contributed by atoms with Gasteiger partial charge in [-0.25, -0.2) is 4.99 Å². The maximum absolute atomic E-state index is 14.3. The van der Waals surface area contributed by atoms with Crippen molar-refractivity contribution in [1.82, 2.24) is 9.13 Å². The van der Waals surface area contributed by atoms with Crippen molar-refractivity contribution in [3.05, 3.63) is 127 Å². The second kappa shape index (κ2) is 13.0. The number of ether oxygens (including phenoxy) is 2. The van der Waals surface area contributed by atoms with Gasteiger partial charge in [-0.15, -0.1) is 0 Å². The van der Waals surface area contributed by atoms with Crippen molar-refractivity contribution in [2.75, 3.05) is 18.5 Å². The van der Waals surface area contributed by atoms with Crippen molar-refractivity contribution >= 4 is 45.9 Å². The molecule has 0 radical (unpaired) electrons. The fourth-order valence-electron chi connectivity index (χ4n) is 5.87. The number of aromatic nitrogens is 2. The molecule has 0 fully saturated rings. The van der Waals surface area contributed by atoms with Crippen LogP contribution < -0.4 is 24.9 Å². The number of para-hydroxylation sites is 2. The predicted molar refractivity (Wildman–Crippen MR) is 180 cm³/mol. The number of rotatable bonds is 9. The summed E-state index contributed by atoms with van der Waals surface area (Å²) in [4.78, 5) is 45.9. The molecular weight excluding hydrogens is 600 g/mol. The third-order valence-electron chi connectivity index (χ3n) is 7.95. The molecule has 1 atom stereocenters. The standard InChI is InChI=1S/C36H34N4O5S/c1-5-44-26-18-16-24(17-19-26)33-32(34(42)38-25-12-8-7-9-13-25)22(3)37-36-40(33)35(43)30(46-36)20-28-23(4)39(21-31(41)45-6-2)29-15-11-10-14-27(28)29/h7-20,33H,5-6,21H2,1-4H3,(H,38,42). The number of benzene rings is 3. The van der Waals surface area contributed by atoms with Crippen molar-refractivity contribution < 1.29 is 19.1 Å². The minimum absolute atomic E-state index is 0.0616. The van der Waals surface area contributed by atoms with Crippen LogP contribution in [0.25, 0.3) is 17.0 Å². The summed E-state index contributed by atoms with van der Waals surface area (Å²) in [5, 5.41) is 3.90. The minimum atomic E-state index is -0.718. The Kier molecular flexibility index (Phi) is 8.72. The van der Waals surface area contributed by atoms with E-state index >= 15 is 0 Å². The van der Waals surface area contributed by atoms with Gasteiger partial charge in [0.1, 0.15) is 12.3 Å². The molecule has 0 aliphatic carbocycles. The van der Waals surface area contributed by atoms with Crippen LogP contribution in [0.4, 0.5) is 5.69 Å². The molecule has 1 aliphatic heterocycles. The number of hydrogen-bond donors (Lipinski definition) is 1. The van der Waals surface area contributed by atoms with Gasteiger partial charge < -0.3 is 19.4 Å². The topological polar surface area (TPSA) is 104 Å². The Bertz CT molecular complexity index is 2160. The molecule has 0 spiro atoms. The largest absolute Gasteiger partial charge is 0.494 e. The highest BCUT2D eigenvalue weighted by atomic mass is 32.1. The molecule has 3 aromatic carbocycles. The molecule has 2 aromatic heterocycles. The first-order valence-corrected chi connectivity index (χ1v) is 16.0. The van der Waals surface area contributed by atoms with Gasteiger partial charge in [0.05, 0.1) is 35.1 Å². The van der Waals surface area contributed by atoms with E-state index in [1.54, 1.807) is 18.4 Å². The number of nitrogens with zero attached hydrogens (tertiary/aromatic N) is 3. The van der Waals surface area contributed by atoms with E-state index in [4.69, 9.17) is 14.5 Å². The van der Waals surface area contributed by atoms with Gasteiger partial charge in [0.15, 0.2) is 4.80 Å². The summed E-state index contributed by atoms with van der Waals surface area (Å²) in [6.07, 6.45) is 1.86. The van der Waals surface area contributed by atoms with E-state index in [0.717, 1.165) is 27.7 Å². The highest BCUT2D eigenvalue weighted by Gasteiger charge is 2.32. The zero-order valence-corrected chi connectivity index (χ0v) is 26.9. The first kappa shape index (κ1) is 30.8. The van der Waals surface area contributed by atoms with Crippen LogP contribution in [0.5, 0.6) is 5.75 Å². The molecule has 1 aliphatic rings. The van der Waals surface area contributed by atoms with Crippen LogP contribution >= 0.6 is 11.3 Å². The van der Waals surface area contributed by atoms with E-state index < -0.39 is 6.04 Å². The van der Waals surface area contributed by atoms with E-state index in [1.165, 1.54) is 11.3 Å². The van der Waals surface area contributed by atoms with Crippen LogP contribution in [0, 0.1) is 6.92 Å². The molecule has 10 heteroatoms. The second-order valence-electron chi connectivity index (χ2n) is 10.8. The Morgan fingerprint density at radius 3 is 2.39 bits per heavy atom. The fraction of sp³-hybridized carbons (Fsp3) is 0.222. The monoisotopic (exact) mass is 634 g/mol. The molecule has 1 unspecified atom stereocenters. The fourth-order valence-corrected chi connectivity index (χ4v) is 6.90. The summed E-state index contributed by atoms with van der Waals surface area (Å²) >= 11 is 1.27. The van der Waals surface area contributed by atoms with Crippen molar-refractivity contribution in [2.24, 2.45) is 4.99 Å². The zero-order valence-electron chi connectivity index (χ0n) is 26.1. The summed E-state index contributed by atoms with van der Waals surface area (Å²) in [6, 6.07) is 23.7. The lowest BCUT2D eigenvalue weighted by Crippen LogP contribution is -2.40. The number of allylic oxidation sites excluding steroid dienone is 1. The van der Waals surface area contributed by atoms with Crippen LogP contribution in [0.2, 0.25) is 0 Å². The lowest BCUT2D eigenvalue weighted by atomic mass is 9.95. The van der Waals surface area contributed by atoms with Gasteiger partial charge in [-0.3, -0.25) is 19.0 Å². The van der Waals surface area contributed by atoms with Gasteiger partial charge in [0.2, 0.25) is 0 Å². The molecule has 0 saturated heterocycles. The molecule has 6 rings (SSSR count). The van der Waals surface area contributed by atoms with Crippen molar-refractivity contribution in [3.8, 4) is 5.75 Å². The van der Waals surface area contributed by atoms with Crippen LogP contribution in [0.15, 0.2) is 99.9 Å². The van der Waals surface area contributed by atoms with Gasteiger partial charge in [-0.05, 0) is 69.7 Å². The number of carbonyl (C=O) groups is 2. The number of carbonyl (C=O) groups excluding carboxylic acids is 2. The highest BCUT2D eigenvalue weighted by Crippen LogP contribution is 2.32. The molecule has 0 saturated carbocycles. The number of amides is 1. The van der Waals surface area contributed by atoms with E-state index in [9.17, 15) is 14.4 Å². The Hall–Kier alpha value is -5.22. The maximum Gasteiger partial charge on any atom is 0.325 e. The molecule has 1 N–H and O–H groups in total.